The third kappa shape index (κ3) is 5.45. The maximum Gasteiger partial charge on any atom is 0.335 e. The Balaban J connectivity index is 2.13. The van der Waals surface area contributed by atoms with Crippen LogP contribution in [0, 0.1) is 0 Å². The van der Waals surface area contributed by atoms with Gasteiger partial charge >= 0.3 is 22.8 Å². The number of thioether (sulfide) groups is 1. The Hall–Kier alpha value is -0.736. The molecule has 1 aromatic rings. The molecule has 12 heteroatoms. The molecular weight excluding hydrogens is 504 g/mol. The van der Waals surface area contributed by atoms with Gasteiger partial charge in [0.1, 0.15) is 18.3 Å². The summed E-state index contributed by atoms with van der Waals surface area (Å²) < 4.78 is 35.3. The number of nitrogens with one attached hydrogen (secondary N) is 1. The van der Waals surface area contributed by atoms with Crippen LogP contribution >= 0.6 is 11.8 Å². The van der Waals surface area contributed by atoms with E-state index in [9.17, 15) is 9.59 Å². The Morgan fingerprint density at radius 1 is 1.06 bits per heavy atom. The van der Waals surface area contributed by atoms with Gasteiger partial charge in [-0.1, -0.05) is 55.4 Å². The van der Waals surface area contributed by atoms with Gasteiger partial charge in [-0.3, -0.25) is 14.3 Å². The van der Waals surface area contributed by atoms with E-state index in [0.717, 1.165) is 0 Å². The number of nitrogens with zero attached hydrogens (tertiary/aromatic N) is 1. The van der Waals surface area contributed by atoms with Crippen LogP contribution in [-0.4, -0.2) is 63.8 Å². The minimum Gasteiger partial charge on any atom is -0.414 e. The van der Waals surface area contributed by atoms with Crippen LogP contribution < -0.4 is 11.2 Å². The lowest BCUT2D eigenvalue weighted by molar-refractivity contribution is -0.0655. The molecule has 0 aliphatic carbocycles. The largest absolute Gasteiger partial charge is 0.414 e. The second kappa shape index (κ2) is 11.3. The zero-order valence-electron chi connectivity index (χ0n) is 22.4. The van der Waals surface area contributed by atoms with Crippen molar-refractivity contribution in [2.24, 2.45) is 0 Å². The molecule has 9 nitrogen and oxygen atoms in total. The van der Waals surface area contributed by atoms with Crippen LogP contribution in [-0.2, 0) is 22.4 Å². The van der Waals surface area contributed by atoms with Crippen LogP contribution in [0.1, 0.15) is 61.6 Å². The van der Waals surface area contributed by atoms with E-state index in [1.165, 1.54) is 28.6 Å². The Morgan fingerprint density at radius 3 is 2.17 bits per heavy atom. The summed E-state index contributed by atoms with van der Waals surface area (Å²) in [5, 5.41) is 0. The SMILES string of the molecule is CSCO[C@@H]1[C@@H]2O[Si](C(C)C)(C(C)C)O[Si](C(C)C)(C(C)C)OC[C@H]2O[C@H]1n1ccc(=O)[nH]c1=O. The van der Waals surface area contributed by atoms with Crippen molar-refractivity contribution in [3.05, 3.63) is 33.1 Å². The lowest BCUT2D eigenvalue weighted by Crippen LogP contribution is -2.66. The quantitative estimate of drug-likeness (QED) is 0.384. The number of hydrogen-bond acceptors (Lipinski definition) is 8. The molecule has 1 N–H and O–H groups in total. The lowest BCUT2D eigenvalue weighted by Gasteiger charge is -2.51. The average molecular weight is 547 g/mol. The smallest absolute Gasteiger partial charge is 0.335 e. The molecule has 1 aromatic heterocycles. The van der Waals surface area contributed by atoms with Crippen molar-refractivity contribution in [1.29, 1.82) is 0 Å². The molecule has 2 saturated heterocycles. The normalized spacial score (nSPS) is 28.5. The summed E-state index contributed by atoms with van der Waals surface area (Å²) in [7, 11) is -5.59. The first-order chi connectivity index (χ1) is 16.4. The second-order valence-corrected chi connectivity index (χ2v) is 20.3. The molecule has 0 radical (unpaired) electrons. The first-order valence-corrected chi connectivity index (χ1v) is 17.8. The fraction of sp³-hybridized carbons (Fsp3) is 0.826. The summed E-state index contributed by atoms with van der Waals surface area (Å²) in [4.78, 5) is 26.7. The molecule has 0 saturated carbocycles. The van der Waals surface area contributed by atoms with Gasteiger partial charge in [0.25, 0.3) is 5.56 Å². The molecule has 0 aromatic carbocycles. The monoisotopic (exact) mass is 546 g/mol. The molecule has 4 atom stereocenters. The Morgan fingerprint density at radius 2 is 1.66 bits per heavy atom. The first-order valence-electron chi connectivity index (χ1n) is 12.5. The van der Waals surface area contributed by atoms with Crippen molar-refractivity contribution in [2.45, 2.75) is 102 Å². The van der Waals surface area contributed by atoms with Crippen LogP contribution in [0.2, 0.25) is 22.2 Å². The van der Waals surface area contributed by atoms with Crippen molar-refractivity contribution in [3.8, 4) is 0 Å². The van der Waals surface area contributed by atoms with Gasteiger partial charge in [-0.05, 0) is 28.4 Å². The Kier molecular flexibility index (Phi) is 9.34. The maximum absolute atomic E-state index is 12.7. The van der Waals surface area contributed by atoms with E-state index in [4.69, 9.17) is 22.4 Å². The van der Waals surface area contributed by atoms with Crippen LogP contribution in [0.5, 0.6) is 0 Å². The predicted octanol–water partition coefficient (Wildman–Crippen LogP) is 4.10. The van der Waals surface area contributed by atoms with E-state index in [2.05, 4.69) is 60.4 Å². The highest BCUT2D eigenvalue weighted by atomic mass is 32.2. The summed E-state index contributed by atoms with van der Waals surface area (Å²) in [5.74, 6) is 0.408. The van der Waals surface area contributed by atoms with Gasteiger partial charge in [-0.2, -0.15) is 0 Å². The summed E-state index contributed by atoms with van der Waals surface area (Å²) in [6, 6.07) is 1.31. The average Bonchev–Trinajstić information content (AvgIpc) is 3.07. The highest BCUT2D eigenvalue weighted by Crippen LogP contribution is 2.48. The second-order valence-electron chi connectivity index (χ2n) is 10.7. The molecular formula is C23H42N2O7SSi2. The maximum atomic E-state index is 12.7. The van der Waals surface area contributed by atoms with Gasteiger partial charge in [0, 0.05) is 12.3 Å². The third-order valence-electron chi connectivity index (χ3n) is 7.12. The lowest BCUT2D eigenvalue weighted by atomic mass is 10.1. The number of aromatic nitrogens is 2. The molecule has 0 bridgehead atoms. The van der Waals surface area contributed by atoms with Crippen LogP contribution in [0.4, 0.5) is 0 Å². The summed E-state index contributed by atoms with van der Waals surface area (Å²) in [6.45, 7) is 17.7. The van der Waals surface area contributed by atoms with Crippen molar-refractivity contribution in [2.75, 3.05) is 18.8 Å². The Bertz CT molecular complexity index is 952. The van der Waals surface area contributed by atoms with Crippen LogP contribution in [0.15, 0.2) is 21.9 Å². The van der Waals surface area contributed by atoms with Gasteiger partial charge in [-0.15, -0.1) is 11.8 Å². The number of ether oxygens (including phenoxy) is 2. The number of rotatable bonds is 8. The molecule has 200 valence electrons. The molecule has 0 unspecified atom stereocenters. The highest BCUT2D eigenvalue weighted by Gasteiger charge is 2.62. The van der Waals surface area contributed by atoms with Crippen LogP contribution in [0.3, 0.4) is 0 Å². The fourth-order valence-corrected chi connectivity index (χ4v) is 16.8. The number of aromatic amines is 1. The predicted molar refractivity (Wildman–Crippen MR) is 142 cm³/mol. The summed E-state index contributed by atoms with van der Waals surface area (Å²) in [6.07, 6.45) is 1.15. The zero-order chi connectivity index (χ0) is 26.1. The standard InChI is InChI=1S/C23H42N2O7SSi2/c1-14(2)34(15(3)4)29-12-18-20(31-35(32-34,16(5)6)17(7)8)21(28-13-33-9)22(30-18)25-11-10-19(26)24-23(25)27/h10-11,14-18,20-22H,12-13H2,1-9H3,(H,24,26,27)/t18-,20-,21-,22-/m1/s1. The fourth-order valence-electron chi connectivity index (χ4n) is 5.30. The molecule has 0 spiro atoms. The van der Waals surface area contributed by atoms with Gasteiger partial charge in [0.15, 0.2) is 6.23 Å². The van der Waals surface area contributed by atoms with Crippen molar-refractivity contribution in [1.82, 2.24) is 9.55 Å². The third-order valence-corrected chi connectivity index (χ3v) is 17.7. The molecule has 35 heavy (non-hydrogen) atoms. The summed E-state index contributed by atoms with van der Waals surface area (Å²) >= 11 is 1.54. The van der Waals surface area contributed by atoms with E-state index in [0.29, 0.717) is 12.5 Å². The van der Waals surface area contributed by atoms with E-state index >= 15 is 0 Å². The molecule has 2 aliphatic heterocycles. The van der Waals surface area contributed by atoms with Crippen molar-refractivity contribution < 1.29 is 22.4 Å². The highest BCUT2D eigenvalue weighted by molar-refractivity contribution is 7.98. The topological polar surface area (TPSA) is 101 Å². The zero-order valence-corrected chi connectivity index (χ0v) is 25.2. The van der Waals surface area contributed by atoms with Crippen molar-refractivity contribution >= 4 is 28.9 Å². The number of H-pyrrole nitrogens is 1. The minimum atomic E-state index is -2.88. The van der Waals surface area contributed by atoms with Gasteiger partial charge in [0.2, 0.25) is 0 Å². The molecule has 0 amide bonds. The van der Waals surface area contributed by atoms with E-state index in [1.807, 2.05) is 6.26 Å². The number of hydrogen-bond donors (Lipinski definition) is 1. The minimum absolute atomic E-state index is 0.158. The van der Waals surface area contributed by atoms with E-state index in [1.54, 1.807) is 0 Å². The first kappa shape index (κ1) is 28.8. The molecule has 2 fully saturated rings. The van der Waals surface area contributed by atoms with Gasteiger partial charge in [-0.25, -0.2) is 4.79 Å². The van der Waals surface area contributed by atoms with Gasteiger partial charge in [0.05, 0.1) is 12.5 Å². The molecule has 2 aliphatic rings. The van der Waals surface area contributed by atoms with E-state index < -0.39 is 52.9 Å². The van der Waals surface area contributed by atoms with E-state index in [-0.39, 0.29) is 22.2 Å². The number of fused-ring (bicyclic) bond motifs is 1. The van der Waals surface area contributed by atoms with Crippen LogP contribution in [0.25, 0.3) is 0 Å². The Labute approximate surface area is 214 Å². The van der Waals surface area contributed by atoms with Gasteiger partial charge < -0.3 is 22.4 Å². The van der Waals surface area contributed by atoms with Crippen molar-refractivity contribution in [3.63, 3.8) is 0 Å². The molecule has 3 rings (SSSR count). The summed E-state index contributed by atoms with van der Waals surface area (Å²) in [5.41, 5.74) is -0.253. The molecule has 3 heterocycles.